The number of benzene rings is 1. The third-order valence-electron chi connectivity index (χ3n) is 4.47. The van der Waals surface area contributed by atoms with E-state index in [1.54, 1.807) is 0 Å². The molecule has 0 unspecified atom stereocenters. The first-order valence-electron chi connectivity index (χ1n) is 7.95. The Balaban J connectivity index is 1.81. The molecule has 2 rings (SSSR count). The van der Waals surface area contributed by atoms with E-state index in [2.05, 4.69) is 17.6 Å². The second kappa shape index (κ2) is 7.68. The molecule has 0 saturated heterocycles. The zero-order chi connectivity index (χ0) is 16.1. The van der Waals surface area contributed by atoms with E-state index in [-0.39, 0.29) is 24.5 Å². The zero-order valence-electron chi connectivity index (χ0n) is 13.2. The number of halogens is 2. The van der Waals surface area contributed by atoms with Gasteiger partial charge in [-0.05, 0) is 43.4 Å². The Morgan fingerprint density at radius 2 is 2.00 bits per heavy atom. The predicted molar refractivity (Wildman–Crippen MR) is 82.3 cm³/mol. The van der Waals surface area contributed by atoms with Gasteiger partial charge in [0.15, 0.2) is 11.6 Å². The number of rotatable bonds is 5. The van der Waals surface area contributed by atoms with E-state index < -0.39 is 11.6 Å². The maximum absolute atomic E-state index is 13.2. The van der Waals surface area contributed by atoms with E-state index >= 15 is 0 Å². The number of carbonyl (C=O) groups is 1. The molecule has 0 heterocycles. The summed E-state index contributed by atoms with van der Waals surface area (Å²) in [6, 6.07) is 3.82. The Bertz CT molecular complexity index is 521. The topological polar surface area (TPSA) is 41.1 Å². The van der Waals surface area contributed by atoms with Crippen LogP contribution in [0, 0.1) is 17.6 Å². The minimum atomic E-state index is -0.869. The number of amides is 1. The van der Waals surface area contributed by atoms with E-state index in [1.807, 2.05) is 6.92 Å². The van der Waals surface area contributed by atoms with Gasteiger partial charge in [0, 0.05) is 12.1 Å². The van der Waals surface area contributed by atoms with Crippen molar-refractivity contribution in [1.82, 2.24) is 10.6 Å². The summed E-state index contributed by atoms with van der Waals surface area (Å²) in [5.41, 5.74) is 0.623. The van der Waals surface area contributed by atoms with Crippen molar-refractivity contribution < 1.29 is 13.6 Å². The molecule has 1 saturated carbocycles. The largest absolute Gasteiger partial charge is 0.352 e. The van der Waals surface area contributed by atoms with Crippen LogP contribution in [0.15, 0.2) is 18.2 Å². The Hall–Kier alpha value is -1.49. The summed E-state index contributed by atoms with van der Waals surface area (Å²) in [7, 11) is 0. The monoisotopic (exact) mass is 310 g/mol. The summed E-state index contributed by atoms with van der Waals surface area (Å²) in [5.74, 6) is -1.26. The maximum Gasteiger partial charge on any atom is 0.234 e. The van der Waals surface area contributed by atoms with E-state index in [9.17, 15) is 13.6 Å². The van der Waals surface area contributed by atoms with Crippen LogP contribution >= 0.6 is 0 Å². The average molecular weight is 310 g/mol. The fourth-order valence-corrected chi connectivity index (χ4v) is 2.93. The first-order chi connectivity index (χ1) is 10.5. The molecular formula is C17H24F2N2O. The zero-order valence-corrected chi connectivity index (χ0v) is 13.2. The van der Waals surface area contributed by atoms with Gasteiger partial charge < -0.3 is 10.6 Å². The number of hydrogen-bond donors (Lipinski definition) is 2. The van der Waals surface area contributed by atoms with Crippen LogP contribution in [0.3, 0.4) is 0 Å². The van der Waals surface area contributed by atoms with Crippen LogP contribution in [-0.4, -0.2) is 18.5 Å². The van der Waals surface area contributed by atoms with Crippen molar-refractivity contribution in [1.29, 1.82) is 0 Å². The highest BCUT2D eigenvalue weighted by Crippen LogP contribution is 2.23. The van der Waals surface area contributed by atoms with Gasteiger partial charge in [0.2, 0.25) is 5.91 Å². The molecule has 3 nitrogen and oxygen atoms in total. The lowest BCUT2D eigenvalue weighted by molar-refractivity contribution is -0.121. The second-order valence-corrected chi connectivity index (χ2v) is 6.21. The normalized spacial score (nSPS) is 23.1. The molecular weight excluding hydrogens is 286 g/mol. The smallest absolute Gasteiger partial charge is 0.234 e. The minimum absolute atomic E-state index is 0.0480. The number of carbonyl (C=O) groups excluding carboxylic acids is 1. The number of hydrogen-bond acceptors (Lipinski definition) is 2. The molecule has 1 aromatic carbocycles. The lowest BCUT2D eigenvalue weighted by Gasteiger charge is -2.29. The van der Waals surface area contributed by atoms with E-state index in [0.717, 1.165) is 31.4 Å². The quantitative estimate of drug-likeness (QED) is 0.876. The standard InChI is InChI=1S/C17H24F2N2O/c1-11-5-3-4-6-16(11)21-17(22)10-20-12(2)13-7-8-14(18)15(19)9-13/h7-9,11-12,16,20H,3-6,10H2,1-2H3,(H,21,22)/t11-,12+,16-/m1/s1. The van der Waals surface area contributed by atoms with Crippen molar-refractivity contribution in [3.63, 3.8) is 0 Å². The molecule has 0 spiro atoms. The van der Waals surface area contributed by atoms with Crippen molar-refractivity contribution in [2.75, 3.05) is 6.54 Å². The Labute approximate surface area is 130 Å². The van der Waals surface area contributed by atoms with Crippen LogP contribution in [0.5, 0.6) is 0 Å². The van der Waals surface area contributed by atoms with Gasteiger partial charge in [-0.2, -0.15) is 0 Å². The van der Waals surface area contributed by atoms with E-state index in [1.165, 1.54) is 12.5 Å². The fourth-order valence-electron chi connectivity index (χ4n) is 2.93. The molecule has 5 heteroatoms. The molecule has 22 heavy (non-hydrogen) atoms. The van der Waals surface area contributed by atoms with E-state index in [0.29, 0.717) is 11.5 Å². The molecule has 1 aromatic rings. The lowest BCUT2D eigenvalue weighted by atomic mass is 9.86. The fraction of sp³-hybridized carbons (Fsp3) is 0.588. The molecule has 0 aliphatic heterocycles. The Morgan fingerprint density at radius 1 is 1.27 bits per heavy atom. The molecule has 2 N–H and O–H groups in total. The van der Waals surface area contributed by atoms with Crippen molar-refractivity contribution in [3.05, 3.63) is 35.4 Å². The molecule has 1 aliphatic rings. The molecule has 1 aliphatic carbocycles. The molecule has 3 atom stereocenters. The summed E-state index contributed by atoms with van der Waals surface area (Å²) in [6.07, 6.45) is 4.59. The van der Waals surface area contributed by atoms with Gasteiger partial charge in [0.1, 0.15) is 0 Å². The lowest BCUT2D eigenvalue weighted by Crippen LogP contribution is -2.45. The third-order valence-corrected chi connectivity index (χ3v) is 4.47. The molecule has 0 bridgehead atoms. The van der Waals surface area contributed by atoms with Crippen LogP contribution < -0.4 is 10.6 Å². The maximum atomic E-state index is 13.2. The summed E-state index contributed by atoms with van der Waals surface area (Å²) in [4.78, 5) is 12.0. The molecule has 122 valence electrons. The summed E-state index contributed by atoms with van der Waals surface area (Å²) >= 11 is 0. The van der Waals surface area contributed by atoms with Crippen LogP contribution in [0.25, 0.3) is 0 Å². The van der Waals surface area contributed by atoms with E-state index in [4.69, 9.17) is 0 Å². The van der Waals surface area contributed by atoms with Gasteiger partial charge in [0.05, 0.1) is 6.54 Å². The van der Waals surface area contributed by atoms with Crippen molar-refractivity contribution in [2.24, 2.45) is 5.92 Å². The summed E-state index contributed by atoms with van der Waals surface area (Å²) in [6.45, 7) is 4.16. The molecule has 1 amide bonds. The van der Waals surface area contributed by atoms with Gasteiger partial charge in [0.25, 0.3) is 0 Å². The molecule has 0 aromatic heterocycles. The highest BCUT2D eigenvalue weighted by Gasteiger charge is 2.22. The van der Waals surface area contributed by atoms with Crippen LogP contribution in [-0.2, 0) is 4.79 Å². The van der Waals surface area contributed by atoms with Gasteiger partial charge >= 0.3 is 0 Å². The third kappa shape index (κ3) is 4.50. The number of nitrogens with one attached hydrogen (secondary N) is 2. The highest BCUT2D eigenvalue weighted by atomic mass is 19.2. The highest BCUT2D eigenvalue weighted by molar-refractivity contribution is 5.78. The second-order valence-electron chi connectivity index (χ2n) is 6.21. The van der Waals surface area contributed by atoms with Crippen LogP contribution in [0.4, 0.5) is 8.78 Å². The van der Waals surface area contributed by atoms with Crippen LogP contribution in [0.2, 0.25) is 0 Å². The van der Waals surface area contributed by atoms with Gasteiger partial charge in [-0.25, -0.2) is 8.78 Å². The molecule has 0 radical (unpaired) electrons. The van der Waals surface area contributed by atoms with Gasteiger partial charge in [-0.3, -0.25) is 4.79 Å². The van der Waals surface area contributed by atoms with Gasteiger partial charge in [-0.15, -0.1) is 0 Å². The Kier molecular flexibility index (Phi) is 5.89. The summed E-state index contributed by atoms with van der Waals surface area (Å²) < 4.78 is 26.1. The van der Waals surface area contributed by atoms with Gasteiger partial charge in [-0.1, -0.05) is 25.8 Å². The van der Waals surface area contributed by atoms with Crippen molar-refractivity contribution in [3.8, 4) is 0 Å². The van der Waals surface area contributed by atoms with Crippen molar-refractivity contribution in [2.45, 2.75) is 51.6 Å². The SMILES string of the molecule is C[C@H](NCC(=O)N[C@@H]1CCCC[C@H]1C)c1ccc(F)c(F)c1. The Morgan fingerprint density at radius 3 is 2.68 bits per heavy atom. The first-order valence-corrected chi connectivity index (χ1v) is 7.95. The predicted octanol–water partition coefficient (Wildman–Crippen LogP) is 3.31. The first kappa shape index (κ1) is 16.9. The van der Waals surface area contributed by atoms with Crippen molar-refractivity contribution >= 4 is 5.91 Å². The summed E-state index contributed by atoms with van der Waals surface area (Å²) in [5, 5.41) is 6.11. The minimum Gasteiger partial charge on any atom is -0.352 e. The molecule has 1 fully saturated rings. The van der Waals surface area contributed by atoms with Crippen LogP contribution in [0.1, 0.15) is 51.1 Å². The average Bonchev–Trinajstić information content (AvgIpc) is 2.50.